The molecule has 4 nitrogen and oxygen atoms in total. The Morgan fingerprint density at radius 3 is 3.00 bits per heavy atom. The fourth-order valence-corrected chi connectivity index (χ4v) is 1.32. The fraction of sp³-hybridized carbons (Fsp3) is 0.125. The van der Waals surface area contributed by atoms with Gasteiger partial charge in [0.1, 0.15) is 0 Å². The number of hydrogen-bond donors (Lipinski definition) is 0. The van der Waals surface area contributed by atoms with E-state index in [4.69, 9.17) is 10.8 Å². The Morgan fingerprint density at radius 1 is 1.62 bits per heavy atom. The molecule has 0 saturated carbocycles. The highest BCUT2D eigenvalue weighted by Gasteiger charge is 2.00. The zero-order valence-corrected chi connectivity index (χ0v) is 8.19. The number of rotatable bonds is 2. The van der Waals surface area contributed by atoms with Crippen LogP contribution in [0.4, 0.5) is 0 Å². The Morgan fingerprint density at radius 2 is 2.38 bits per heavy atom. The van der Waals surface area contributed by atoms with Gasteiger partial charge in [0.2, 0.25) is 0 Å². The molecule has 5 heteroatoms. The quantitative estimate of drug-likeness (QED) is 0.442. The number of nitrogens with zero attached hydrogens (tertiary/aromatic N) is 4. The SMILES string of the molecule is N#Cc1ccc(Br)cc1CN=[N+]=[N-]. The van der Waals surface area contributed by atoms with Crippen LogP contribution in [-0.4, -0.2) is 0 Å². The lowest BCUT2D eigenvalue weighted by molar-refractivity contribution is 1.04. The van der Waals surface area contributed by atoms with Crippen molar-refractivity contribution in [3.63, 3.8) is 0 Å². The van der Waals surface area contributed by atoms with Crippen molar-refractivity contribution in [2.45, 2.75) is 6.54 Å². The zero-order valence-electron chi connectivity index (χ0n) is 6.61. The Hall–Kier alpha value is -1.50. The summed E-state index contributed by atoms with van der Waals surface area (Å²) < 4.78 is 0.870. The van der Waals surface area contributed by atoms with Crippen molar-refractivity contribution in [2.75, 3.05) is 0 Å². The lowest BCUT2D eigenvalue weighted by atomic mass is 10.1. The van der Waals surface area contributed by atoms with Gasteiger partial charge in [-0.3, -0.25) is 0 Å². The highest BCUT2D eigenvalue weighted by molar-refractivity contribution is 9.10. The Labute approximate surface area is 83.6 Å². The van der Waals surface area contributed by atoms with Crippen LogP contribution in [0.3, 0.4) is 0 Å². The lowest BCUT2D eigenvalue weighted by Crippen LogP contribution is -1.86. The van der Waals surface area contributed by atoms with Crippen molar-refractivity contribution >= 4 is 15.9 Å². The molecule has 0 aliphatic rings. The Bertz CT molecular complexity index is 401. The molecular weight excluding hydrogens is 232 g/mol. The van der Waals surface area contributed by atoms with E-state index in [9.17, 15) is 0 Å². The molecule has 1 aromatic carbocycles. The third-order valence-electron chi connectivity index (χ3n) is 1.49. The molecule has 1 aromatic rings. The van der Waals surface area contributed by atoms with Gasteiger partial charge in [0, 0.05) is 9.38 Å². The van der Waals surface area contributed by atoms with Gasteiger partial charge in [0.15, 0.2) is 0 Å². The maximum atomic E-state index is 8.71. The van der Waals surface area contributed by atoms with Crippen molar-refractivity contribution in [1.29, 1.82) is 5.26 Å². The number of hydrogen-bond acceptors (Lipinski definition) is 2. The number of halogens is 1. The molecule has 0 spiro atoms. The molecule has 0 bridgehead atoms. The zero-order chi connectivity index (χ0) is 9.68. The molecular formula is C8H5BrN4. The van der Waals surface area contributed by atoms with Crippen LogP contribution < -0.4 is 0 Å². The second-order valence-electron chi connectivity index (χ2n) is 2.30. The van der Waals surface area contributed by atoms with E-state index in [-0.39, 0.29) is 6.54 Å². The van der Waals surface area contributed by atoms with Crippen molar-refractivity contribution in [1.82, 2.24) is 0 Å². The second kappa shape index (κ2) is 4.51. The Balaban J connectivity index is 3.09. The van der Waals surface area contributed by atoms with E-state index < -0.39 is 0 Å². The van der Waals surface area contributed by atoms with Gasteiger partial charge in [0.25, 0.3) is 0 Å². The van der Waals surface area contributed by atoms with Gasteiger partial charge >= 0.3 is 0 Å². The summed E-state index contributed by atoms with van der Waals surface area (Å²) in [6, 6.07) is 7.26. The van der Waals surface area contributed by atoms with E-state index >= 15 is 0 Å². The highest BCUT2D eigenvalue weighted by Crippen LogP contribution is 2.16. The van der Waals surface area contributed by atoms with Gasteiger partial charge in [0.05, 0.1) is 18.2 Å². The highest BCUT2D eigenvalue weighted by atomic mass is 79.9. The number of nitriles is 1. The van der Waals surface area contributed by atoms with Gasteiger partial charge in [-0.1, -0.05) is 21.0 Å². The van der Waals surface area contributed by atoms with Crippen molar-refractivity contribution < 1.29 is 0 Å². The van der Waals surface area contributed by atoms with Crippen molar-refractivity contribution in [3.05, 3.63) is 44.2 Å². The first-order valence-electron chi connectivity index (χ1n) is 3.47. The summed E-state index contributed by atoms with van der Waals surface area (Å²) in [4.78, 5) is 2.64. The summed E-state index contributed by atoms with van der Waals surface area (Å²) in [6.07, 6.45) is 0. The summed E-state index contributed by atoms with van der Waals surface area (Å²) in [5, 5.41) is 12.1. The summed E-state index contributed by atoms with van der Waals surface area (Å²) in [5.74, 6) is 0. The molecule has 0 heterocycles. The minimum atomic E-state index is 0.207. The molecule has 0 aliphatic heterocycles. The molecule has 13 heavy (non-hydrogen) atoms. The molecule has 0 unspecified atom stereocenters. The minimum Gasteiger partial charge on any atom is -0.192 e. The number of azide groups is 1. The van der Waals surface area contributed by atoms with Gasteiger partial charge in [-0.25, -0.2) is 0 Å². The van der Waals surface area contributed by atoms with Crippen molar-refractivity contribution in [2.24, 2.45) is 5.11 Å². The van der Waals surface area contributed by atoms with Crippen LogP contribution in [0.25, 0.3) is 10.4 Å². The van der Waals surface area contributed by atoms with Gasteiger partial charge in [-0.15, -0.1) is 0 Å². The summed E-state index contributed by atoms with van der Waals surface area (Å²) in [7, 11) is 0. The largest absolute Gasteiger partial charge is 0.192 e. The number of benzene rings is 1. The monoisotopic (exact) mass is 236 g/mol. The van der Waals surface area contributed by atoms with Crippen LogP contribution in [0.5, 0.6) is 0 Å². The first kappa shape index (κ1) is 9.59. The fourth-order valence-electron chi connectivity index (χ4n) is 0.910. The standard InChI is InChI=1S/C8H5BrN4/c9-8-2-1-6(4-10)7(3-8)5-12-13-11/h1-3H,5H2. The molecule has 0 amide bonds. The van der Waals surface area contributed by atoms with E-state index in [1.807, 2.05) is 6.07 Å². The smallest absolute Gasteiger partial charge is 0.0994 e. The molecule has 0 radical (unpaired) electrons. The predicted octanol–water partition coefficient (Wildman–Crippen LogP) is 3.13. The van der Waals surface area contributed by atoms with Gasteiger partial charge < -0.3 is 0 Å². The minimum absolute atomic E-state index is 0.207. The van der Waals surface area contributed by atoms with Crippen molar-refractivity contribution in [3.8, 4) is 6.07 Å². The van der Waals surface area contributed by atoms with E-state index in [0.29, 0.717) is 5.56 Å². The molecule has 0 N–H and O–H groups in total. The lowest BCUT2D eigenvalue weighted by Gasteiger charge is -1.99. The molecule has 1 rings (SSSR count). The average molecular weight is 237 g/mol. The molecule has 0 atom stereocenters. The summed E-state index contributed by atoms with van der Waals surface area (Å²) >= 11 is 3.27. The summed E-state index contributed by atoms with van der Waals surface area (Å²) in [6.45, 7) is 0.207. The molecule has 0 aliphatic carbocycles. The predicted molar refractivity (Wildman–Crippen MR) is 51.7 cm³/mol. The van der Waals surface area contributed by atoms with E-state index in [1.54, 1.807) is 18.2 Å². The Kier molecular flexibility index (Phi) is 3.32. The second-order valence-corrected chi connectivity index (χ2v) is 3.22. The maximum Gasteiger partial charge on any atom is 0.0994 e. The van der Waals surface area contributed by atoms with E-state index in [2.05, 4.69) is 26.0 Å². The topological polar surface area (TPSA) is 72.5 Å². The summed E-state index contributed by atoms with van der Waals surface area (Å²) in [5.41, 5.74) is 9.39. The normalized spacial score (nSPS) is 8.62. The van der Waals surface area contributed by atoms with E-state index in [0.717, 1.165) is 10.0 Å². The third kappa shape index (κ3) is 2.48. The van der Waals surface area contributed by atoms with Crippen LogP contribution >= 0.6 is 15.9 Å². The molecule has 0 fully saturated rings. The molecule has 64 valence electrons. The molecule has 0 aromatic heterocycles. The van der Waals surface area contributed by atoms with Crippen LogP contribution in [0.15, 0.2) is 27.8 Å². The van der Waals surface area contributed by atoms with Crippen LogP contribution in [0.2, 0.25) is 0 Å². The third-order valence-corrected chi connectivity index (χ3v) is 1.99. The first-order valence-corrected chi connectivity index (χ1v) is 4.26. The van der Waals surface area contributed by atoms with Crippen LogP contribution in [0.1, 0.15) is 11.1 Å². The van der Waals surface area contributed by atoms with Crippen LogP contribution in [0, 0.1) is 11.3 Å². The average Bonchev–Trinajstić information content (AvgIpc) is 2.15. The van der Waals surface area contributed by atoms with Gasteiger partial charge in [-0.05, 0) is 29.3 Å². The molecule has 0 saturated heterocycles. The van der Waals surface area contributed by atoms with Crippen LogP contribution in [-0.2, 0) is 6.54 Å². The van der Waals surface area contributed by atoms with Gasteiger partial charge in [-0.2, -0.15) is 5.26 Å². The first-order chi connectivity index (χ1) is 6.27. The maximum absolute atomic E-state index is 8.71. The van der Waals surface area contributed by atoms with E-state index in [1.165, 1.54) is 0 Å².